The smallest absolute Gasteiger partial charge is 0.399 e. The summed E-state index contributed by atoms with van der Waals surface area (Å²) in [4.78, 5) is 50.2. The van der Waals surface area contributed by atoms with Gasteiger partial charge < -0.3 is 34.8 Å². The molecule has 0 saturated carbocycles. The fourth-order valence-electron chi connectivity index (χ4n) is 6.66. The number of carbonyl (C=O) groups is 3. The molecule has 3 atom stereocenters. The molecule has 1 heterocycles. The lowest BCUT2D eigenvalue weighted by Crippen LogP contribution is -2.51. The molecule has 1 aliphatic rings. The normalized spacial score (nSPS) is 16.2. The predicted molar refractivity (Wildman–Crippen MR) is 210 cm³/mol. The van der Waals surface area contributed by atoms with Crippen LogP contribution in [0.5, 0.6) is 0 Å². The van der Waals surface area contributed by atoms with Crippen LogP contribution in [0.15, 0.2) is 102 Å². The van der Waals surface area contributed by atoms with Crippen LogP contribution < -0.4 is 5.43 Å². The second-order valence-electron chi connectivity index (χ2n) is 13.9. The molecule has 0 radical (unpaired) electrons. The first-order chi connectivity index (χ1) is 27.9. The molecule has 1 aromatic heterocycles. The number of allylic oxidation sites excluding steroid dienone is 3. The Morgan fingerprint density at radius 2 is 1.47 bits per heavy atom. The number of fused-ring (bicyclic) bond motifs is 1. The lowest BCUT2D eigenvalue weighted by molar-refractivity contribution is -0.210. The third-order valence-corrected chi connectivity index (χ3v) is 10.2. The lowest BCUT2D eigenvalue weighted by atomic mass is 9.77. The van der Waals surface area contributed by atoms with Gasteiger partial charge in [0.05, 0.1) is 5.52 Å². The van der Waals surface area contributed by atoms with Crippen molar-refractivity contribution in [1.29, 1.82) is 0 Å². The van der Waals surface area contributed by atoms with Crippen molar-refractivity contribution < 1.29 is 56.8 Å². The van der Waals surface area contributed by atoms with Gasteiger partial charge in [0.2, 0.25) is 5.91 Å². The molecule has 0 fully saturated rings. The molecule has 3 aromatic carbocycles. The van der Waals surface area contributed by atoms with Crippen molar-refractivity contribution in [3.8, 4) is 0 Å². The fraction of sp³-hybridized carbons (Fsp3) is 0.349. The van der Waals surface area contributed by atoms with Gasteiger partial charge in [-0.25, -0.2) is 18.4 Å². The quantitative estimate of drug-likeness (QED) is 0.104. The average Bonchev–Trinajstić information content (AvgIpc) is 3.22. The molecule has 4 N–H and O–H groups in total. The number of pyridine rings is 1. The highest BCUT2D eigenvalue weighted by atomic mass is 19.4. The van der Waals surface area contributed by atoms with Gasteiger partial charge in [-0.15, -0.1) is 0 Å². The molecule has 5 rings (SSSR count). The van der Waals surface area contributed by atoms with Gasteiger partial charge in [0.1, 0.15) is 12.0 Å². The minimum absolute atomic E-state index is 0.0410. The number of halogens is 5. The second kappa shape index (κ2) is 20.3. The van der Waals surface area contributed by atoms with Gasteiger partial charge in [0.25, 0.3) is 0 Å². The number of aryl methyl sites for hydroxylation is 2. The second-order valence-corrected chi connectivity index (χ2v) is 13.9. The molecular weight excluding hydrogens is 781 g/mol. The number of carboxylic acids is 2. The first-order valence-electron chi connectivity index (χ1n) is 18.8. The van der Waals surface area contributed by atoms with E-state index in [0.717, 1.165) is 11.6 Å². The summed E-state index contributed by atoms with van der Waals surface area (Å²) in [6.07, 6.45) is -5.14. The fourth-order valence-corrected chi connectivity index (χ4v) is 6.66. The zero-order valence-electron chi connectivity index (χ0n) is 32.4. The van der Waals surface area contributed by atoms with Crippen molar-refractivity contribution in [2.24, 2.45) is 5.41 Å². The lowest BCUT2D eigenvalue weighted by Gasteiger charge is -2.39. The maximum atomic E-state index is 15.0. The van der Waals surface area contributed by atoms with Crippen molar-refractivity contribution in [3.63, 3.8) is 0 Å². The Morgan fingerprint density at radius 3 is 2.05 bits per heavy atom. The number of rotatable bonds is 16. The summed E-state index contributed by atoms with van der Waals surface area (Å²) in [6, 6.07) is 21.1. The van der Waals surface area contributed by atoms with E-state index in [2.05, 4.69) is 0 Å². The molecule has 59 heavy (non-hydrogen) atoms. The van der Waals surface area contributed by atoms with Crippen LogP contribution in [0.4, 0.5) is 22.0 Å². The highest BCUT2D eigenvalue weighted by Crippen LogP contribution is 2.47. The molecule has 0 spiro atoms. The predicted octanol–water partition coefficient (Wildman–Crippen LogP) is 5.70. The highest BCUT2D eigenvalue weighted by Gasteiger charge is 2.54. The van der Waals surface area contributed by atoms with E-state index >= 15 is 13.2 Å². The average molecular weight is 828 g/mol. The SMILES string of the molecule is CCN(CC)CCN(CC1(C(F)(F)F)C=CC(c2ccccc2)=CC1)C(=O)Cn1c(CCc2cccc(F)c2F)cc(=O)c2ccccc21.O=C(O)C(O)C(O)C(=O)O. The van der Waals surface area contributed by atoms with E-state index in [-0.39, 0.29) is 43.3 Å². The number of carbonyl (C=O) groups excluding carboxylic acids is 1. The van der Waals surface area contributed by atoms with Gasteiger partial charge in [-0.3, -0.25) is 9.59 Å². The number of hydrogen-bond donors (Lipinski definition) is 4. The number of para-hydroxylation sites is 1. The number of likely N-dealkylation sites (N-methyl/N-ethyl adjacent to an activating group) is 1. The van der Waals surface area contributed by atoms with Gasteiger partial charge in [-0.1, -0.05) is 86.7 Å². The number of carboxylic acid groups (broad SMARTS) is 2. The summed E-state index contributed by atoms with van der Waals surface area (Å²) in [5.41, 5.74) is -0.202. The van der Waals surface area contributed by atoms with E-state index in [0.29, 0.717) is 41.8 Å². The molecule has 0 bridgehead atoms. The minimum atomic E-state index is -4.65. The number of alkyl halides is 3. The standard InChI is InChI=1S/C39H40F5N3O2.C4H6O6/c1-3-45(4-2)23-24-46(27-38(39(42,43)44)21-19-29(20-22-38)28-11-6-5-7-12-28)36(49)26-47-31(18-17-30-13-10-15-33(40)37(30)41)25-35(48)32-14-8-9-16-34(32)47;5-1(3(7)8)2(6)4(9)10/h5-16,19-21,25H,3-4,17-18,22-24,26-27H2,1-2H3;1-2,5-6H,(H,7,8)(H,9,10). The number of aliphatic hydroxyl groups is 2. The van der Waals surface area contributed by atoms with Crippen molar-refractivity contribution in [2.45, 2.75) is 58.0 Å². The number of amides is 1. The van der Waals surface area contributed by atoms with Gasteiger partial charge in [-0.05, 0) is 67.3 Å². The van der Waals surface area contributed by atoms with Crippen LogP contribution in [0.3, 0.4) is 0 Å². The van der Waals surface area contributed by atoms with Crippen molar-refractivity contribution >= 4 is 34.3 Å². The first-order valence-corrected chi connectivity index (χ1v) is 18.8. The van der Waals surface area contributed by atoms with Gasteiger partial charge in [0, 0.05) is 36.8 Å². The zero-order chi connectivity index (χ0) is 43.5. The Morgan fingerprint density at radius 1 is 0.847 bits per heavy atom. The summed E-state index contributed by atoms with van der Waals surface area (Å²) < 4.78 is 75.1. The highest BCUT2D eigenvalue weighted by molar-refractivity contribution is 5.84. The van der Waals surface area contributed by atoms with E-state index in [1.54, 1.807) is 34.9 Å². The van der Waals surface area contributed by atoms with Crippen LogP contribution in [-0.2, 0) is 33.8 Å². The minimum Gasteiger partial charge on any atom is -0.479 e. The summed E-state index contributed by atoms with van der Waals surface area (Å²) >= 11 is 0. The number of aliphatic carboxylic acids is 2. The molecule has 1 aliphatic carbocycles. The Kier molecular flexibility index (Phi) is 15.8. The van der Waals surface area contributed by atoms with Crippen LogP contribution in [0.25, 0.3) is 16.5 Å². The van der Waals surface area contributed by atoms with Gasteiger partial charge >= 0.3 is 18.1 Å². The Bertz CT molecular complexity index is 2200. The van der Waals surface area contributed by atoms with Crippen LogP contribution in [0, 0.1) is 17.0 Å². The van der Waals surface area contributed by atoms with E-state index < -0.39 is 59.8 Å². The number of aliphatic hydroxyl groups excluding tert-OH is 2. The van der Waals surface area contributed by atoms with Crippen LogP contribution in [0.2, 0.25) is 0 Å². The maximum Gasteiger partial charge on any atom is 0.399 e. The molecular formula is C43H46F5N3O8. The summed E-state index contributed by atoms with van der Waals surface area (Å²) in [7, 11) is 0. The van der Waals surface area contributed by atoms with E-state index in [9.17, 15) is 28.0 Å². The van der Waals surface area contributed by atoms with Crippen molar-refractivity contribution in [2.75, 3.05) is 32.7 Å². The van der Waals surface area contributed by atoms with Crippen LogP contribution in [-0.4, -0.2) is 104 Å². The Balaban J connectivity index is 0.000000680. The van der Waals surface area contributed by atoms with E-state index in [1.165, 1.54) is 35.3 Å². The van der Waals surface area contributed by atoms with Gasteiger partial charge in [0.15, 0.2) is 29.3 Å². The first kappa shape index (κ1) is 46.0. The monoisotopic (exact) mass is 827 g/mol. The van der Waals surface area contributed by atoms with E-state index in [1.807, 2.05) is 49.1 Å². The van der Waals surface area contributed by atoms with Crippen molar-refractivity contribution in [1.82, 2.24) is 14.4 Å². The van der Waals surface area contributed by atoms with E-state index in [4.69, 9.17) is 20.4 Å². The molecule has 3 unspecified atom stereocenters. The largest absolute Gasteiger partial charge is 0.479 e. The molecule has 1 amide bonds. The van der Waals surface area contributed by atoms with Crippen LogP contribution in [0.1, 0.15) is 37.1 Å². The zero-order valence-corrected chi connectivity index (χ0v) is 32.4. The van der Waals surface area contributed by atoms with Crippen LogP contribution >= 0.6 is 0 Å². The third-order valence-electron chi connectivity index (χ3n) is 10.2. The molecule has 4 aromatic rings. The Hall–Kier alpha value is -5.71. The number of nitrogens with zero attached hydrogens (tertiary/aromatic N) is 3. The Labute approximate surface area is 336 Å². The number of aromatic nitrogens is 1. The topological polar surface area (TPSA) is 161 Å². The molecule has 0 saturated heterocycles. The molecule has 316 valence electrons. The number of benzene rings is 3. The molecule has 16 heteroatoms. The number of hydrogen-bond acceptors (Lipinski definition) is 7. The third kappa shape index (κ3) is 11.5. The summed E-state index contributed by atoms with van der Waals surface area (Å²) in [5.74, 6) is -6.06. The summed E-state index contributed by atoms with van der Waals surface area (Å²) in [5, 5.41) is 32.9. The summed E-state index contributed by atoms with van der Waals surface area (Å²) in [6.45, 7) is 4.73. The maximum absolute atomic E-state index is 15.0. The van der Waals surface area contributed by atoms with Crippen molar-refractivity contribution in [3.05, 3.63) is 136 Å². The molecule has 11 nitrogen and oxygen atoms in total. The molecule has 0 aliphatic heterocycles. The van der Waals surface area contributed by atoms with Gasteiger partial charge in [-0.2, -0.15) is 13.2 Å².